The minimum Gasteiger partial charge on any atom is -0.462 e. The largest absolute Gasteiger partial charge is 0.462 e. The van der Waals surface area contributed by atoms with Crippen molar-refractivity contribution in [2.45, 2.75) is 46.0 Å². The molecule has 0 aromatic rings. The van der Waals surface area contributed by atoms with Crippen molar-refractivity contribution in [1.29, 1.82) is 5.26 Å². The molecule has 1 saturated carbocycles. The first kappa shape index (κ1) is 12.8. The third-order valence-electron chi connectivity index (χ3n) is 3.23. The van der Waals surface area contributed by atoms with Crippen molar-refractivity contribution in [3.8, 4) is 6.07 Å². The number of hydrogen-bond donors (Lipinski definition) is 0. The van der Waals surface area contributed by atoms with Gasteiger partial charge in [0.05, 0.1) is 6.61 Å². The van der Waals surface area contributed by atoms with Gasteiger partial charge in [-0.3, -0.25) is 0 Å². The normalized spacial score (nSPS) is 20.1. The lowest BCUT2D eigenvalue weighted by molar-refractivity contribution is -0.138. The number of ether oxygens (including phenoxy) is 1. The Labute approximate surface area is 97.1 Å². The van der Waals surface area contributed by atoms with Crippen molar-refractivity contribution in [3.63, 3.8) is 0 Å². The highest BCUT2D eigenvalue weighted by atomic mass is 16.5. The molecule has 1 aliphatic rings. The van der Waals surface area contributed by atoms with Gasteiger partial charge in [0, 0.05) is 0 Å². The fraction of sp³-hybridized carbons (Fsp3) is 0.692. The van der Waals surface area contributed by atoms with Crippen LogP contribution < -0.4 is 0 Å². The third kappa shape index (κ3) is 3.10. The topological polar surface area (TPSA) is 50.1 Å². The average Bonchev–Trinajstić information content (AvgIpc) is 2.31. The lowest BCUT2D eigenvalue weighted by Crippen LogP contribution is -2.13. The molecule has 1 rings (SSSR count). The van der Waals surface area contributed by atoms with Gasteiger partial charge < -0.3 is 4.74 Å². The van der Waals surface area contributed by atoms with E-state index >= 15 is 0 Å². The summed E-state index contributed by atoms with van der Waals surface area (Å²) in [6.07, 6.45) is 5.13. The van der Waals surface area contributed by atoms with E-state index in [-0.39, 0.29) is 5.57 Å². The predicted octanol–water partition coefficient (Wildman–Crippen LogP) is 2.97. The average molecular weight is 221 g/mol. The maximum absolute atomic E-state index is 11.5. The maximum atomic E-state index is 11.5. The zero-order valence-electron chi connectivity index (χ0n) is 10.1. The summed E-state index contributed by atoms with van der Waals surface area (Å²) in [6, 6.07) is 1.99. The van der Waals surface area contributed by atoms with Gasteiger partial charge >= 0.3 is 5.97 Å². The van der Waals surface area contributed by atoms with Crippen LogP contribution in [0.15, 0.2) is 11.1 Å². The van der Waals surface area contributed by atoms with Crippen LogP contribution in [0.4, 0.5) is 0 Å². The van der Waals surface area contributed by atoms with Gasteiger partial charge in [-0.1, -0.05) is 13.3 Å². The molecule has 0 unspecified atom stereocenters. The SMILES string of the molecule is CCOC(=O)C(C#N)=C1CCC(CC)CC1. The van der Waals surface area contributed by atoms with Crippen LogP contribution in [0.1, 0.15) is 46.0 Å². The standard InChI is InChI=1S/C13H19NO2/c1-3-10-5-7-11(8-6-10)12(9-14)13(15)16-4-2/h10H,3-8H2,1-2H3. The summed E-state index contributed by atoms with van der Waals surface area (Å²) >= 11 is 0. The maximum Gasteiger partial charge on any atom is 0.348 e. The Hall–Kier alpha value is -1.30. The molecule has 0 aromatic heterocycles. The van der Waals surface area contributed by atoms with E-state index in [1.54, 1.807) is 6.92 Å². The number of carbonyl (C=O) groups excluding carboxylic acids is 1. The molecule has 1 aliphatic carbocycles. The zero-order valence-corrected chi connectivity index (χ0v) is 10.1. The molecule has 0 heterocycles. The summed E-state index contributed by atoms with van der Waals surface area (Å²) < 4.78 is 4.88. The van der Waals surface area contributed by atoms with E-state index in [1.807, 2.05) is 6.07 Å². The second-order valence-corrected chi connectivity index (χ2v) is 4.16. The highest BCUT2D eigenvalue weighted by Crippen LogP contribution is 2.32. The summed E-state index contributed by atoms with van der Waals surface area (Å²) in [7, 11) is 0. The van der Waals surface area contributed by atoms with Gasteiger partial charge in [0.2, 0.25) is 0 Å². The van der Waals surface area contributed by atoms with Crippen molar-refractivity contribution in [1.82, 2.24) is 0 Å². The van der Waals surface area contributed by atoms with Gasteiger partial charge in [-0.15, -0.1) is 0 Å². The highest BCUT2D eigenvalue weighted by Gasteiger charge is 2.21. The fourth-order valence-corrected chi connectivity index (χ4v) is 2.16. The molecule has 0 radical (unpaired) electrons. The Morgan fingerprint density at radius 1 is 1.44 bits per heavy atom. The van der Waals surface area contributed by atoms with Gasteiger partial charge in [0.15, 0.2) is 0 Å². The first-order valence-corrected chi connectivity index (χ1v) is 6.02. The van der Waals surface area contributed by atoms with E-state index in [4.69, 9.17) is 10.00 Å². The molecule has 0 amide bonds. The molecule has 0 bridgehead atoms. The minimum atomic E-state index is -0.449. The summed E-state index contributed by atoms with van der Waals surface area (Å²) in [6.45, 7) is 4.27. The molecule has 0 saturated heterocycles. The van der Waals surface area contributed by atoms with Gasteiger partial charge in [0.1, 0.15) is 11.6 Å². The van der Waals surface area contributed by atoms with Gasteiger partial charge in [-0.2, -0.15) is 5.26 Å². The first-order chi connectivity index (χ1) is 7.72. The molecule has 0 spiro atoms. The Morgan fingerprint density at radius 2 is 2.06 bits per heavy atom. The van der Waals surface area contributed by atoms with Crippen molar-refractivity contribution in [3.05, 3.63) is 11.1 Å². The number of allylic oxidation sites excluding steroid dienone is 1. The number of nitrogens with zero attached hydrogens (tertiary/aromatic N) is 1. The van der Waals surface area contributed by atoms with Crippen molar-refractivity contribution >= 4 is 5.97 Å². The smallest absolute Gasteiger partial charge is 0.348 e. The second kappa shape index (κ2) is 6.32. The number of carbonyl (C=O) groups is 1. The number of rotatable bonds is 3. The van der Waals surface area contributed by atoms with E-state index in [1.165, 1.54) is 6.42 Å². The first-order valence-electron chi connectivity index (χ1n) is 6.02. The molecule has 1 fully saturated rings. The van der Waals surface area contributed by atoms with Crippen LogP contribution in [0.25, 0.3) is 0 Å². The zero-order chi connectivity index (χ0) is 12.0. The highest BCUT2D eigenvalue weighted by molar-refractivity contribution is 5.93. The van der Waals surface area contributed by atoms with E-state index < -0.39 is 5.97 Å². The van der Waals surface area contributed by atoms with Crippen LogP contribution >= 0.6 is 0 Å². The summed E-state index contributed by atoms with van der Waals surface area (Å²) in [5.41, 5.74) is 1.24. The van der Waals surface area contributed by atoms with Crippen LogP contribution in [0.2, 0.25) is 0 Å². The van der Waals surface area contributed by atoms with Gasteiger partial charge in [-0.25, -0.2) is 4.79 Å². The predicted molar refractivity (Wildman–Crippen MR) is 61.5 cm³/mol. The molecule has 16 heavy (non-hydrogen) atoms. The molecule has 0 atom stereocenters. The van der Waals surface area contributed by atoms with Crippen LogP contribution in [0.5, 0.6) is 0 Å². The van der Waals surface area contributed by atoms with Crippen molar-refractivity contribution < 1.29 is 9.53 Å². The summed E-state index contributed by atoms with van der Waals surface area (Å²) in [4.78, 5) is 11.5. The van der Waals surface area contributed by atoms with Gasteiger partial charge in [-0.05, 0) is 44.1 Å². The molecular formula is C13H19NO2. The molecule has 3 heteroatoms. The molecule has 0 aliphatic heterocycles. The Balaban J connectivity index is 2.72. The van der Waals surface area contributed by atoms with E-state index in [9.17, 15) is 4.79 Å². The Morgan fingerprint density at radius 3 is 2.50 bits per heavy atom. The molecule has 0 N–H and O–H groups in total. The fourth-order valence-electron chi connectivity index (χ4n) is 2.16. The lowest BCUT2D eigenvalue weighted by atomic mass is 9.82. The molecule has 3 nitrogen and oxygen atoms in total. The number of nitriles is 1. The summed E-state index contributed by atoms with van der Waals surface area (Å²) in [5.74, 6) is 0.306. The minimum absolute atomic E-state index is 0.247. The monoisotopic (exact) mass is 221 g/mol. The number of esters is 1. The van der Waals surface area contributed by atoms with Crippen molar-refractivity contribution in [2.75, 3.05) is 6.61 Å². The van der Waals surface area contributed by atoms with E-state index in [0.29, 0.717) is 6.61 Å². The second-order valence-electron chi connectivity index (χ2n) is 4.16. The lowest BCUT2D eigenvalue weighted by Gasteiger charge is -2.23. The van der Waals surface area contributed by atoms with Crippen LogP contribution in [0.3, 0.4) is 0 Å². The Kier molecular flexibility index (Phi) is 5.04. The molecule has 0 aromatic carbocycles. The molecule has 88 valence electrons. The van der Waals surface area contributed by atoms with Crippen LogP contribution in [-0.2, 0) is 9.53 Å². The molecular weight excluding hydrogens is 202 g/mol. The quantitative estimate of drug-likeness (QED) is 0.418. The van der Waals surface area contributed by atoms with E-state index in [2.05, 4.69) is 6.92 Å². The van der Waals surface area contributed by atoms with Crippen molar-refractivity contribution in [2.24, 2.45) is 5.92 Å². The van der Waals surface area contributed by atoms with Crippen LogP contribution in [-0.4, -0.2) is 12.6 Å². The van der Waals surface area contributed by atoms with Crippen LogP contribution in [0, 0.1) is 17.2 Å². The summed E-state index contributed by atoms with van der Waals surface area (Å²) in [5, 5.41) is 8.99. The van der Waals surface area contributed by atoms with Gasteiger partial charge in [0.25, 0.3) is 0 Å². The third-order valence-corrected chi connectivity index (χ3v) is 3.23. The Bertz CT molecular complexity index is 315. The number of hydrogen-bond acceptors (Lipinski definition) is 3. The van der Waals surface area contributed by atoms with E-state index in [0.717, 1.165) is 37.2 Å².